The molecule has 0 saturated heterocycles. The quantitative estimate of drug-likeness (QED) is 0.829. The summed E-state index contributed by atoms with van der Waals surface area (Å²) in [7, 11) is 0. The van der Waals surface area contributed by atoms with Crippen LogP contribution in [-0.4, -0.2) is 17.1 Å². The fraction of sp³-hybridized carbons (Fsp3) is 0.364. The monoisotopic (exact) mass is 229 g/mol. The van der Waals surface area contributed by atoms with Crippen LogP contribution in [0.3, 0.4) is 0 Å². The summed E-state index contributed by atoms with van der Waals surface area (Å²) in [5, 5.41) is 8.66. The third-order valence-corrected chi connectivity index (χ3v) is 2.05. The number of nitrogens with two attached hydrogens (primary N) is 1. The molecule has 1 aromatic carbocycles. The Kier molecular flexibility index (Phi) is 5.33. The van der Waals surface area contributed by atoms with Gasteiger partial charge in [0.1, 0.15) is 6.04 Å². The molecule has 0 aliphatic carbocycles. The summed E-state index contributed by atoms with van der Waals surface area (Å²) in [5.41, 5.74) is 8.71. The lowest BCUT2D eigenvalue weighted by molar-refractivity contribution is -0.138. The molecular formula is C11H16ClNO2. The number of hydrogen-bond acceptors (Lipinski definition) is 2. The fourth-order valence-corrected chi connectivity index (χ4v) is 1.53. The first kappa shape index (κ1) is 13.9. The number of carboxylic acids is 1. The summed E-state index contributed by atoms with van der Waals surface area (Å²) >= 11 is 0. The molecular weight excluding hydrogens is 214 g/mol. The van der Waals surface area contributed by atoms with E-state index in [-0.39, 0.29) is 12.4 Å². The van der Waals surface area contributed by atoms with E-state index in [2.05, 4.69) is 6.07 Å². The summed E-state index contributed by atoms with van der Waals surface area (Å²) in [6.45, 7) is 3.98. The summed E-state index contributed by atoms with van der Waals surface area (Å²) in [6, 6.07) is 5.18. The zero-order valence-electron chi connectivity index (χ0n) is 8.86. The Morgan fingerprint density at radius 3 is 2.20 bits per heavy atom. The maximum atomic E-state index is 10.5. The minimum atomic E-state index is -0.954. The number of aryl methyl sites for hydroxylation is 2. The van der Waals surface area contributed by atoms with E-state index in [0.29, 0.717) is 6.42 Å². The fourth-order valence-electron chi connectivity index (χ4n) is 1.53. The Bertz CT molecular complexity index is 332. The van der Waals surface area contributed by atoms with Crippen LogP contribution in [0.15, 0.2) is 18.2 Å². The van der Waals surface area contributed by atoms with Gasteiger partial charge in [-0.2, -0.15) is 0 Å². The van der Waals surface area contributed by atoms with Gasteiger partial charge in [0.25, 0.3) is 0 Å². The highest BCUT2D eigenvalue weighted by Crippen LogP contribution is 2.10. The molecule has 0 aliphatic rings. The van der Waals surface area contributed by atoms with Crippen LogP contribution in [0.2, 0.25) is 0 Å². The predicted octanol–water partition coefficient (Wildman–Crippen LogP) is 1.68. The largest absolute Gasteiger partial charge is 0.480 e. The number of aliphatic carboxylic acids is 1. The normalized spacial score (nSPS) is 11.7. The number of halogens is 1. The van der Waals surface area contributed by atoms with Crippen molar-refractivity contribution in [3.05, 3.63) is 34.9 Å². The topological polar surface area (TPSA) is 63.3 Å². The number of hydrogen-bond donors (Lipinski definition) is 2. The predicted molar refractivity (Wildman–Crippen MR) is 62.5 cm³/mol. The minimum absolute atomic E-state index is 0. The molecule has 3 nitrogen and oxygen atoms in total. The summed E-state index contributed by atoms with van der Waals surface area (Å²) < 4.78 is 0. The lowest BCUT2D eigenvalue weighted by Crippen LogP contribution is -2.32. The van der Waals surface area contributed by atoms with Crippen molar-refractivity contribution < 1.29 is 9.90 Å². The van der Waals surface area contributed by atoms with Gasteiger partial charge in [0.2, 0.25) is 0 Å². The molecule has 15 heavy (non-hydrogen) atoms. The van der Waals surface area contributed by atoms with E-state index in [1.54, 1.807) is 0 Å². The van der Waals surface area contributed by atoms with Crippen molar-refractivity contribution >= 4 is 18.4 Å². The van der Waals surface area contributed by atoms with Crippen molar-refractivity contribution in [3.63, 3.8) is 0 Å². The summed E-state index contributed by atoms with van der Waals surface area (Å²) in [6.07, 6.45) is 0.387. The van der Waals surface area contributed by atoms with Crippen LogP contribution in [0.25, 0.3) is 0 Å². The highest BCUT2D eigenvalue weighted by atomic mass is 35.5. The van der Waals surface area contributed by atoms with Crippen LogP contribution in [-0.2, 0) is 11.2 Å². The van der Waals surface area contributed by atoms with Crippen LogP contribution >= 0.6 is 12.4 Å². The Morgan fingerprint density at radius 1 is 1.33 bits per heavy atom. The van der Waals surface area contributed by atoms with Gasteiger partial charge < -0.3 is 10.8 Å². The second-order valence-corrected chi connectivity index (χ2v) is 3.64. The molecule has 4 heteroatoms. The van der Waals surface area contributed by atoms with E-state index in [1.165, 1.54) is 0 Å². The Balaban J connectivity index is 0.00000196. The van der Waals surface area contributed by atoms with Crippen molar-refractivity contribution in [2.45, 2.75) is 26.3 Å². The van der Waals surface area contributed by atoms with Gasteiger partial charge in [-0.05, 0) is 25.8 Å². The van der Waals surface area contributed by atoms with Gasteiger partial charge in [-0.3, -0.25) is 4.79 Å². The van der Waals surface area contributed by atoms with Gasteiger partial charge in [-0.25, -0.2) is 0 Å². The van der Waals surface area contributed by atoms with E-state index in [0.717, 1.165) is 16.7 Å². The zero-order chi connectivity index (χ0) is 10.7. The second-order valence-electron chi connectivity index (χ2n) is 3.64. The van der Waals surface area contributed by atoms with Crippen LogP contribution in [0.5, 0.6) is 0 Å². The first-order chi connectivity index (χ1) is 6.49. The molecule has 0 amide bonds. The van der Waals surface area contributed by atoms with Gasteiger partial charge in [0, 0.05) is 0 Å². The molecule has 0 aromatic heterocycles. The molecule has 84 valence electrons. The van der Waals surface area contributed by atoms with E-state index >= 15 is 0 Å². The molecule has 3 N–H and O–H groups in total. The lowest BCUT2D eigenvalue weighted by Gasteiger charge is -2.08. The molecule has 0 spiro atoms. The van der Waals surface area contributed by atoms with E-state index in [4.69, 9.17) is 10.8 Å². The molecule has 0 heterocycles. The first-order valence-electron chi connectivity index (χ1n) is 4.54. The molecule has 1 rings (SSSR count). The molecule has 0 aliphatic heterocycles. The molecule has 0 unspecified atom stereocenters. The third-order valence-electron chi connectivity index (χ3n) is 2.05. The zero-order valence-corrected chi connectivity index (χ0v) is 9.67. The van der Waals surface area contributed by atoms with Gasteiger partial charge in [0.05, 0.1) is 0 Å². The van der Waals surface area contributed by atoms with Gasteiger partial charge in [-0.15, -0.1) is 12.4 Å². The van der Waals surface area contributed by atoms with Crippen molar-refractivity contribution in [1.82, 2.24) is 0 Å². The summed E-state index contributed by atoms with van der Waals surface area (Å²) in [4.78, 5) is 10.5. The smallest absolute Gasteiger partial charge is 0.320 e. The number of benzene rings is 1. The van der Waals surface area contributed by atoms with Crippen LogP contribution in [0.1, 0.15) is 16.7 Å². The van der Waals surface area contributed by atoms with E-state index in [1.807, 2.05) is 26.0 Å². The first-order valence-corrected chi connectivity index (χ1v) is 4.54. The van der Waals surface area contributed by atoms with Crippen molar-refractivity contribution in [2.75, 3.05) is 0 Å². The SMILES string of the molecule is Cc1cc(C)cc(C[C@@H](N)C(=O)O)c1.Cl. The van der Waals surface area contributed by atoms with Crippen LogP contribution < -0.4 is 5.73 Å². The highest BCUT2D eigenvalue weighted by molar-refractivity contribution is 5.85. The van der Waals surface area contributed by atoms with E-state index in [9.17, 15) is 4.79 Å². The maximum Gasteiger partial charge on any atom is 0.320 e. The molecule has 1 aromatic rings. The van der Waals surface area contributed by atoms with Gasteiger partial charge in [-0.1, -0.05) is 29.3 Å². The van der Waals surface area contributed by atoms with Crippen LogP contribution in [0, 0.1) is 13.8 Å². The molecule has 0 bridgehead atoms. The Morgan fingerprint density at radius 2 is 1.80 bits per heavy atom. The molecule has 0 fully saturated rings. The maximum absolute atomic E-state index is 10.5. The molecule has 1 atom stereocenters. The average molecular weight is 230 g/mol. The second kappa shape index (κ2) is 5.73. The number of carboxylic acid groups (broad SMARTS) is 1. The molecule has 0 saturated carbocycles. The van der Waals surface area contributed by atoms with Crippen molar-refractivity contribution in [3.8, 4) is 0 Å². The standard InChI is InChI=1S/C11H15NO2.ClH/c1-7-3-8(2)5-9(4-7)6-10(12)11(13)14;/h3-5,10H,6,12H2,1-2H3,(H,13,14);1H/t10-;/m1./s1. The van der Waals surface area contributed by atoms with Gasteiger partial charge >= 0.3 is 5.97 Å². The van der Waals surface area contributed by atoms with Crippen molar-refractivity contribution in [1.29, 1.82) is 0 Å². The number of carbonyl (C=O) groups is 1. The third kappa shape index (κ3) is 4.32. The minimum Gasteiger partial charge on any atom is -0.480 e. The highest BCUT2D eigenvalue weighted by Gasteiger charge is 2.11. The molecule has 0 radical (unpaired) electrons. The van der Waals surface area contributed by atoms with Gasteiger partial charge in [0.15, 0.2) is 0 Å². The van der Waals surface area contributed by atoms with Crippen LogP contribution in [0.4, 0.5) is 0 Å². The Labute approximate surface area is 95.7 Å². The number of rotatable bonds is 3. The summed E-state index contributed by atoms with van der Waals surface area (Å²) in [5.74, 6) is -0.954. The Hall–Kier alpha value is -1.06. The lowest BCUT2D eigenvalue weighted by atomic mass is 10.0. The van der Waals surface area contributed by atoms with E-state index < -0.39 is 12.0 Å². The van der Waals surface area contributed by atoms with Crippen molar-refractivity contribution in [2.24, 2.45) is 5.73 Å². The average Bonchev–Trinajstić information content (AvgIpc) is 2.01.